The number of benzene rings is 2. The zero-order chi connectivity index (χ0) is 13.4. The van der Waals surface area contributed by atoms with Gasteiger partial charge in [0.05, 0.1) is 12.0 Å². The van der Waals surface area contributed by atoms with E-state index in [9.17, 15) is 4.79 Å². The van der Waals surface area contributed by atoms with Crippen molar-refractivity contribution >= 4 is 17.4 Å². The molecule has 19 heavy (non-hydrogen) atoms. The van der Waals surface area contributed by atoms with Gasteiger partial charge >= 0.3 is 0 Å². The lowest BCUT2D eigenvalue weighted by atomic mass is 9.95. The van der Waals surface area contributed by atoms with Gasteiger partial charge in [-0.2, -0.15) is 0 Å². The molecule has 1 aliphatic heterocycles. The number of halogens is 1. The third-order valence-corrected chi connectivity index (χ3v) is 3.67. The molecule has 2 aromatic carbocycles. The number of carbonyl (C=O) groups is 1. The first-order valence-corrected chi connectivity index (χ1v) is 6.58. The summed E-state index contributed by atoms with van der Waals surface area (Å²) in [4.78, 5) is 12.2. The van der Waals surface area contributed by atoms with Crippen LogP contribution in [0.15, 0.2) is 42.5 Å². The second kappa shape index (κ2) is 4.71. The minimum atomic E-state index is -0.295. The number of Topliss-reactive ketones (excluding diaryl/α,β-unsaturated/α-hetero) is 1. The Labute approximate surface area is 117 Å². The molecule has 96 valence electrons. The average molecular weight is 273 g/mol. The Hall–Kier alpha value is -1.80. The third-order valence-electron chi connectivity index (χ3n) is 3.33. The van der Waals surface area contributed by atoms with Crippen molar-refractivity contribution in [2.45, 2.75) is 19.4 Å². The van der Waals surface area contributed by atoms with E-state index in [1.807, 2.05) is 49.4 Å². The van der Waals surface area contributed by atoms with Gasteiger partial charge in [0.25, 0.3) is 0 Å². The standard InChI is InChI=1S/C16H13ClO2/c1-10-6-7-15-12(8-10)14(18)9-16(19-15)11-4-2-3-5-13(11)17/h2-8,16H,9H2,1H3. The lowest BCUT2D eigenvalue weighted by Crippen LogP contribution is -2.20. The van der Waals surface area contributed by atoms with Gasteiger partial charge in [0.1, 0.15) is 11.9 Å². The molecule has 3 rings (SSSR count). The van der Waals surface area contributed by atoms with Crippen molar-refractivity contribution in [2.24, 2.45) is 0 Å². The van der Waals surface area contributed by atoms with Crippen LogP contribution in [-0.4, -0.2) is 5.78 Å². The van der Waals surface area contributed by atoms with Crippen molar-refractivity contribution in [2.75, 3.05) is 0 Å². The summed E-state index contributed by atoms with van der Waals surface area (Å²) < 4.78 is 5.92. The summed E-state index contributed by atoms with van der Waals surface area (Å²) in [5.74, 6) is 0.752. The topological polar surface area (TPSA) is 26.3 Å². The fraction of sp³-hybridized carbons (Fsp3) is 0.188. The highest BCUT2D eigenvalue weighted by Gasteiger charge is 2.28. The number of rotatable bonds is 1. The van der Waals surface area contributed by atoms with Crippen LogP contribution in [0.1, 0.15) is 34.0 Å². The number of ether oxygens (including phenoxy) is 1. The van der Waals surface area contributed by atoms with Gasteiger partial charge in [-0.3, -0.25) is 4.79 Å². The molecule has 3 heteroatoms. The van der Waals surface area contributed by atoms with E-state index in [0.717, 1.165) is 11.1 Å². The van der Waals surface area contributed by atoms with Gasteiger partial charge in [-0.05, 0) is 25.1 Å². The summed E-state index contributed by atoms with van der Waals surface area (Å²) in [6.45, 7) is 1.97. The molecule has 2 nitrogen and oxygen atoms in total. The van der Waals surface area contributed by atoms with E-state index >= 15 is 0 Å². The fourth-order valence-corrected chi connectivity index (χ4v) is 2.60. The quantitative estimate of drug-likeness (QED) is 0.771. The summed E-state index contributed by atoms with van der Waals surface area (Å²) in [6.07, 6.45) is 0.0385. The largest absolute Gasteiger partial charge is 0.484 e. The second-order valence-electron chi connectivity index (χ2n) is 4.75. The van der Waals surface area contributed by atoms with E-state index < -0.39 is 0 Å². The van der Waals surface area contributed by atoms with Gasteiger partial charge in [-0.25, -0.2) is 0 Å². The Morgan fingerprint density at radius 2 is 2.00 bits per heavy atom. The number of carbonyl (C=O) groups excluding carboxylic acids is 1. The van der Waals surface area contributed by atoms with Crippen molar-refractivity contribution < 1.29 is 9.53 Å². The number of hydrogen-bond acceptors (Lipinski definition) is 2. The molecule has 1 atom stereocenters. The maximum Gasteiger partial charge on any atom is 0.170 e. The highest BCUT2D eigenvalue weighted by molar-refractivity contribution is 6.31. The molecule has 1 unspecified atom stereocenters. The molecule has 0 bridgehead atoms. The predicted molar refractivity (Wildman–Crippen MR) is 74.9 cm³/mol. The molecule has 0 fully saturated rings. The van der Waals surface area contributed by atoms with Crippen LogP contribution in [0, 0.1) is 6.92 Å². The summed E-state index contributed by atoms with van der Waals surface area (Å²) in [5, 5.41) is 0.635. The zero-order valence-electron chi connectivity index (χ0n) is 10.5. The summed E-state index contributed by atoms with van der Waals surface area (Å²) in [7, 11) is 0. The molecule has 1 heterocycles. The molecule has 0 radical (unpaired) electrons. The fourth-order valence-electron chi connectivity index (χ4n) is 2.35. The molecule has 0 spiro atoms. The minimum Gasteiger partial charge on any atom is -0.484 e. The molecule has 0 amide bonds. The molecule has 0 aromatic heterocycles. The predicted octanol–water partition coefficient (Wildman–Crippen LogP) is 4.35. The smallest absolute Gasteiger partial charge is 0.170 e. The lowest BCUT2D eigenvalue weighted by molar-refractivity contribution is 0.0850. The minimum absolute atomic E-state index is 0.106. The van der Waals surface area contributed by atoms with Crippen LogP contribution in [0.2, 0.25) is 5.02 Å². The average Bonchev–Trinajstić information content (AvgIpc) is 2.40. The van der Waals surface area contributed by atoms with Crippen LogP contribution in [0.25, 0.3) is 0 Å². The maximum absolute atomic E-state index is 12.2. The molecule has 0 saturated heterocycles. The highest BCUT2D eigenvalue weighted by Crippen LogP contribution is 2.37. The van der Waals surface area contributed by atoms with E-state index in [2.05, 4.69) is 0 Å². The van der Waals surface area contributed by atoms with Gasteiger partial charge in [0.2, 0.25) is 0 Å². The number of ketones is 1. The Kier molecular flexibility index (Phi) is 3.03. The van der Waals surface area contributed by atoms with E-state index in [1.165, 1.54) is 0 Å². The van der Waals surface area contributed by atoms with Crippen molar-refractivity contribution in [3.8, 4) is 5.75 Å². The van der Waals surface area contributed by atoms with Gasteiger partial charge in [-0.1, -0.05) is 41.4 Å². The first-order chi connectivity index (χ1) is 9.15. The molecular formula is C16H13ClO2. The van der Waals surface area contributed by atoms with Gasteiger partial charge < -0.3 is 4.74 Å². The number of fused-ring (bicyclic) bond motifs is 1. The normalized spacial score (nSPS) is 17.8. The summed E-state index contributed by atoms with van der Waals surface area (Å²) >= 11 is 6.17. The highest BCUT2D eigenvalue weighted by atomic mass is 35.5. The van der Waals surface area contributed by atoms with Crippen LogP contribution >= 0.6 is 11.6 Å². The lowest BCUT2D eigenvalue weighted by Gasteiger charge is -2.26. The van der Waals surface area contributed by atoms with Crippen molar-refractivity contribution in [1.29, 1.82) is 0 Å². The molecule has 1 aliphatic rings. The van der Waals surface area contributed by atoms with E-state index in [-0.39, 0.29) is 11.9 Å². The van der Waals surface area contributed by atoms with Crippen LogP contribution in [0.4, 0.5) is 0 Å². The van der Waals surface area contributed by atoms with Crippen LogP contribution in [0.3, 0.4) is 0 Å². The van der Waals surface area contributed by atoms with E-state index in [1.54, 1.807) is 0 Å². The Morgan fingerprint density at radius 1 is 1.21 bits per heavy atom. The zero-order valence-corrected chi connectivity index (χ0v) is 11.3. The Morgan fingerprint density at radius 3 is 2.79 bits per heavy atom. The van der Waals surface area contributed by atoms with Gasteiger partial charge in [0.15, 0.2) is 5.78 Å². The van der Waals surface area contributed by atoms with Crippen molar-refractivity contribution in [3.63, 3.8) is 0 Å². The molecule has 0 aliphatic carbocycles. The van der Waals surface area contributed by atoms with E-state index in [4.69, 9.17) is 16.3 Å². The van der Waals surface area contributed by atoms with Gasteiger partial charge in [0, 0.05) is 10.6 Å². The van der Waals surface area contributed by atoms with Gasteiger partial charge in [-0.15, -0.1) is 0 Å². The molecule has 0 N–H and O–H groups in total. The first-order valence-electron chi connectivity index (χ1n) is 6.20. The van der Waals surface area contributed by atoms with Crippen LogP contribution < -0.4 is 4.74 Å². The monoisotopic (exact) mass is 272 g/mol. The summed E-state index contributed by atoms with van der Waals surface area (Å²) in [5.41, 5.74) is 2.60. The van der Waals surface area contributed by atoms with Crippen molar-refractivity contribution in [3.05, 3.63) is 64.2 Å². The first kappa shape index (κ1) is 12.2. The second-order valence-corrected chi connectivity index (χ2v) is 5.16. The van der Waals surface area contributed by atoms with E-state index in [0.29, 0.717) is 22.8 Å². The van der Waals surface area contributed by atoms with Crippen molar-refractivity contribution in [1.82, 2.24) is 0 Å². The van der Waals surface area contributed by atoms with Crippen LogP contribution in [0.5, 0.6) is 5.75 Å². The maximum atomic E-state index is 12.2. The number of hydrogen-bond donors (Lipinski definition) is 0. The molecular weight excluding hydrogens is 260 g/mol. The van der Waals surface area contributed by atoms with Crippen LogP contribution in [-0.2, 0) is 0 Å². The Balaban J connectivity index is 2.00. The SMILES string of the molecule is Cc1ccc2c(c1)C(=O)CC(c1ccccc1Cl)O2. The molecule has 0 saturated carbocycles. The molecule has 2 aromatic rings. The number of aryl methyl sites for hydroxylation is 1. The third kappa shape index (κ3) is 2.24. The summed E-state index contributed by atoms with van der Waals surface area (Å²) in [6, 6.07) is 13.2. The Bertz CT molecular complexity index is 649.